The molecule has 0 bridgehead atoms. The van der Waals surface area contributed by atoms with E-state index in [1.54, 1.807) is 13.8 Å². The minimum atomic E-state index is -0.924. The molecule has 1 aliphatic rings. The molecule has 1 N–H and O–H groups in total. The molecular formula is C7H13NO2. The van der Waals surface area contributed by atoms with Crippen LogP contribution in [0.5, 0.6) is 0 Å². The van der Waals surface area contributed by atoms with Gasteiger partial charge in [-0.05, 0) is 27.7 Å². The molecule has 3 nitrogen and oxygen atoms in total. The Balaban J connectivity index is 2.96. The Kier molecular flexibility index (Phi) is 1.30. The predicted octanol–water partition coefficient (Wildman–Crippen LogP) is 0.922. The van der Waals surface area contributed by atoms with Crippen LogP contribution in [0, 0.1) is 0 Å². The number of oxime groups is 1. The molecule has 1 rings (SSSR count). The molecule has 1 heterocycles. The van der Waals surface area contributed by atoms with Crippen LogP contribution >= 0.6 is 0 Å². The van der Waals surface area contributed by atoms with Crippen molar-refractivity contribution in [1.82, 2.24) is 0 Å². The molecule has 0 amide bonds. The van der Waals surface area contributed by atoms with Crippen LogP contribution in [0.3, 0.4) is 0 Å². The average Bonchev–Trinajstić information content (AvgIpc) is 1.94. The van der Waals surface area contributed by atoms with E-state index in [9.17, 15) is 5.11 Å². The molecule has 10 heavy (non-hydrogen) atoms. The molecule has 0 aromatic heterocycles. The molecule has 0 aromatic rings. The Hall–Kier alpha value is -0.570. The molecule has 0 aromatic carbocycles. The van der Waals surface area contributed by atoms with Crippen molar-refractivity contribution in [1.29, 1.82) is 0 Å². The SMILES string of the molecule is CC1=NOC(C)(C)C1(C)O. The first kappa shape index (κ1) is 7.54. The first-order valence-corrected chi connectivity index (χ1v) is 3.33. The predicted molar refractivity (Wildman–Crippen MR) is 38.9 cm³/mol. The van der Waals surface area contributed by atoms with Crippen molar-refractivity contribution in [2.24, 2.45) is 5.16 Å². The zero-order chi connectivity index (χ0) is 7.99. The quantitative estimate of drug-likeness (QED) is 0.548. The number of hydrogen-bond acceptors (Lipinski definition) is 3. The smallest absolute Gasteiger partial charge is 0.165 e. The molecule has 1 aliphatic heterocycles. The summed E-state index contributed by atoms with van der Waals surface area (Å²) in [6.07, 6.45) is 0. The summed E-state index contributed by atoms with van der Waals surface area (Å²) in [5, 5.41) is 13.4. The van der Waals surface area contributed by atoms with Gasteiger partial charge in [0, 0.05) is 0 Å². The topological polar surface area (TPSA) is 41.8 Å². The highest BCUT2D eigenvalue weighted by Gasteiger charge is 2.49. The number of nitrogens with zero attached hydrogens (tertiary/aromatic N) is 1. The second-order valence-corrected chi connectivity index (χ2v) is 3.35. The molecule has 0 fully saturated rings. The second-order valence-electron chi connectivity index (χ2n) is 3.35. The zero-order valence-electron chi connectivity index (χ0n) is 6.80. The van der Waals surface area contributed by atoms with E-state index in [-0.39, 0.29) is 0 Å². The molecule has 0 radical (unpaired) electrons. The minimum absolute atomic E-state index is 0.586. The van der Waals surface area contributed by atoms with E-state index < -0.39 is 11.2 Å². The van der Waals surface area contributed by atoms with E-state index in [1.165, 1.54) is 0 Å². The largest absolute Gasteiger partial charge is 0.386 e. The average molecular weight is 143 g/mol. The maximum absolute atomic E-state index is 9.73. The lowest BCUT2D eigenvalue weighted by atomic mass is 9.85. The van der Waals surface area contributed by atoms with Crippen LogP contribution in [0.25, 0.3) is 0 Å². The third kappa shape index (κ3) is 0.736. The third-order valence-corrected chi connectivity index (χ3v) is 2.29. The number of rotatable bonds is 0. The van der Waals surface area contributed by atoms with E-state index in [2.05, 4.69) is 5.16 Å². The minimum Gasteiger partial charge on any atom is -0.386 e. The summed E-state index contributed by atoms with van der Waals surface area (Å²) >= 11 is 0. The van der Waals surface area contributed by atoms with Crippen molar-refractivity contribution in [3.05, 3.63) is 0 Å². The van der Waals surface area contributed by atoms with Crippen LogP contribution in [0.15, 0.2) is 5.16 Å². The highest BCUT2D eigenvalue weighted by atomic mass is 16.7. The van der Waals surface area contributed by atoms with Gasteiger partial charge in [-0.15, -0.1) is 0 Å². The summed E-state index contributed by atoms with van der Waals surface area (Å²) in [7, 11) is 0. The number of aliphatic hydroxyl groups is 1. The van der Waals surface area contributed by atoms with E-state index in [0.29, 0.717) is 5.71 Å². The molecule has 58 valence electrons. The fraction of sp³-hybridized carbons (Fsp3) is 0.857. The van der Waals surface area contributed by atoms with Gasteiger partial charge in [0.05, 0.1) is 5.71 Å². The standard InChI is InChI=1S/C7H13NO2/c1-5-7(4,9)6(2,3)10-8-5/h9H,1-4H3. The van der Waals surface area contributed by atoms with Gasteiger partial charge in [0.2, 0.25) is 0 Å². The van der Waals surface area contributed by atoms with Crippen LogP contribution in [-0.4, -0.2) is 22.0 Å². The highest BCUT2D eigenvalue weighted by Crippen LogP contribution is 2.32. The van der Waals surface area contributed by atoms with Gasteiger partial charge in [-0.25, -0.2) is 0 Å². The van der Waals surface area contributed by atoms with Gasteiger partial charge in [-0.3, -0.25) is 0 Å². The van der Waals surface area contributed by atoms with Crippen molar-refractivity contribution in [3.8, 4) is 0 Å². The van der Waals surface area contributed by atoms with E-state index in [1.807, 2.05) is 13.8 Å². The van der Waals surface area contributed by atoms with Gasteiger partial charge < -0.3 is 9.94 Å². The van der Waals surface area contributed by atoms with Crippen molar-refractivity contribution in [2.45, 2.75) is 38.9 Å². The van der Waals surface area contributed by atoms with Crippen molar-refractivity contribution >= 4 is 5.71 Å². The third-order valence-electron chi connectivity index (χ3n) is 2.29. The Bertz CT molecular complexity index is 182. The number of hydrogen-bond donors (Lipinski definition) is 1. The maximum atomic E-state index is 9.73. The maximum Gasteiger partial charge on any atom is 0.165 e. The van der Waals surface area contributed by atoms with Crippen molar-refractivity contribution in [3.63, 3.8) is 0 Å². The molecule has 3 heteroatoms. The van der Waals surface area contributed by atoms with Crippen LogP contribution in [0.1, 0.15) is 27.7 Å². The van der Waals surface area contributed by atoms with Gasteiger partial charge >= 0.3 is 0 Å². The van der Waals surface area contributed by atoms with E-state index in [4.69, 9.17) is 4.84 Å². The van der Waals surface area contributed by atoms with Gasteiger partial charge in [0.1, 0.15) is 5.60 Å². The van der Waals surface area contributed by atoms with Gasteiger partial charge in [-0.2, -0.15) is 0 Å². The van der Waals surface area contributed by atoms with Crippen molar-refractivity contribution in [2.75, 3.05) is 0 Å². The molecule has 0 spiro atoms. The fourth-order valence-electron chi connectivity index (χ4n) is 0.796. The second kappa shape index (κ2) is 1.72. The molecule has 0 saturated carbocycles. The lowest BCUT2D eigenvalue weighted by Gasteiger charge is -2.29. The van der Waals surface area contributed by atoms with Gasteiger partial charge in [-0.1, -0.05) is 5.16 Å². The Morgan fingerprint density at radius 1 is 1.40 bits per heavy atom. The fourth-order valence-corrected chi connectivity index (χ4v) is 0.796. The first-order chi connectivity index (χ1) is 4.38. The molecule has 0 aliphatic carbocycles. The van der Waals surface area contributed by atoms with Gasteiger partial charge in [0.15, 0.2) is 5.60 Å². The van der Waals surface area contributed by atoms with Crippen LogP contribution in [0.2, 0.25) is 0 Å². The van der Waals surface area contributed by atoms with Crippen LogP contribution < -0.4 is 0 Å². The summed E-state index contributed by atoms with van der Waals surface area (Å²) in [5.74, 6) is 0. The zero-order valence-corrected chi connectivity index (χ0v) is 6.80. The molecular weight excluding hydrogens is 130 g/mol. The van der Waals surface area contributed by atoms with E-state index >= 15 is 0 Å². The monoisotopic (exact) mass is 143 g/mol. The lowest BCUT2D eigenvalue weighted by Crippen LogP contribution is -2.49. The Labute approximate surface area is 60.7 Å². The molecule has 0 saturated heterocycles. The summed E-state index contributed by atoms with van der Waals surface area (Å²) < 4.78 is 0. The van der Waals surface area contributed by atoms with E-state index in [0.717, 1.165) is 0 Å². The summed E-state index contributed by atoms with van der Waals surface area (Å²) in [4.78, 5) is 5.01. The summed E-state index contributed by atoms with van der Waals surface area (Å²) in [6, 6.07) is 0. The summed E-state index contributed by atoms with van der Waals surface area (Å²) in [5.41, 5.74) is -0.873. The normalized spacial score (nSPS) is 37.1. The Morgan fingerprint density at radius 3 is 2.00 bits per heavy atom. The van der Waals surface area contributed by atoms with Crippen molar-refractivity contribution < 1.29 is 9.94 Å². The van der Waals surface area contributed by atoms with Crippen LogP contribution in [0.4, 0.5) is 0 Å². The summed E-state index contributed by atoms with van der Waals surface area (Å²) in [6.45, 7) is 7.09. The van der Waals surface area contributed by atoms with Gasteiger partial charge in [0.25, 0.3) is 0 Å². The lowest BCUT2D eigenvalue weighted by molar-refractivity contribution is -0.0938. The molecule has 1 unspecified atom stereocenters. The van der Waals surface area contributed by atoms with Crippen LogP contribution in [-0.2, 0) is 4.84 Å². The highest BCUT2D eigenvalue weighted by molar-refractivity contribution is 5.91. The molecule has 1 atom stereocenters. The Morgan fingerprint density at radius 2 is 1.90 bits per heavy atom. The first-order valence-electron chi connectivity index (χ1n) is 3.33.